The number of rotatable bonds is 3. The molecule has 1 aliphatic heterocycles. The molecule has 1 aromatic carbocycles. The highest BCUT2D eigenvalue weighted by molar-refractivity contribution is 7.20. The first kappa shape index (κ1) is 19.5. The topological polar surface area (TPSA) is 53.5 Å². The summed E-state index contributed by atoms with van der Waals surface area (Å²) in [4.78, 5) is 35.0. The van der Waals surface area contributed by atoms with E-state index < -0.39 is 5.82 Å². The lowest BCUT2D eigenvalue weighted by atomic mass is 9.88. The molecule has 0 unspecified atom stereocenters. The number of halogens is 1. The minimum absolute atomic E-state index is 0.0105. The Balaban J connectivity index is 1.71. The third-order valence-electron chi connectivity index (χ3n) is 5.33. The predicted octanol–water partition coefficient (Wildman–Crippen LogP) is 4.16. The van der Waals surface area contributed by atoms with Gasteiger partial charge in [-0.05, 0) is 36.6 Å². The molecule has 1 saturated heterocycles. The van der Waals surface area contributed by atoms with Crippen molar-refractivity contribution in [2.75, 3.05) is 27.2 Å². The molecule has 0 bridgehead atoms. The standard InChI is InChI=1S/C22H22FN3O2S/c1-25(2)22(28)19-18(16-9-5-11-24-20(16)29-19)14-7-6-12-26(13-14)21(27)15-8-3-4-10-17(15)23/h3-5,8-11,14H,6-7,12-13H2,1-2H3/t14-/m0/s1. The highest BCUT2D eigenvalue weighted by atomic mass is 32.1. The highest BCUT2D eigenvalue weighted by Gasteiger charge is 2.32. The lowest BCUT2D eigenvalue weighted by molar-refractivity contribution is 0.0702. The molecule has 0 aliphatic carbocycles. The van der Waals surface area contributed by atoms with Gasteiger partial charge in [-0.1, -0.05) is 18.2 Å². The van der Waals surface area contributed by atoms with Crippen LogP contribution in [0.1, 0.15) is 44.4 Å². The molecule has 0 spiro atoms. The number of aromatic nitrogens is 1. The van der Waals surface area contributed by atoms with Gasteiger partial charge in [-0.2, -0.15) is 0 Å². The second-order valence-electron chi connectivity index (χ2n) is 7.47. The summed E-state index contributed by atoms with van der Waals surface area (Å²) in [5.41, 5.74) is 1.05. The number of carbonyl (C=O) groups is 2. The molecule has 1 aliphatic rings. The molecule has 2 amide bonds. The summed E-state index contributed by atoms with van der Waals surface area (Å²) in [6.07, 6.45) is 3.40. The Hall–Kier alpha value is -2.80. The first-order chi connectivity index (χ1) is 14.0. The maximum Gasteiger partial charge on any atom is 0.263 e. The number of amides is 2. The van der Waals surface area contributed by atoms with Crippen LogP contribution in [0.4, 0.5) is 4.39 Å². The molecule has 0 radical (unpaired) electrons. The van der Waals surface area contributed by atoms with Gasteiger partial charge >= 0.3 is 0 Å². The molecule has 0 N–H and O–H groups in total. The molecule has 0 saturated carbocycles. The van der Waals surface area contributed by atoms with E-state index in [-0.39, 0.29) is 23.3 Å². The fourth-order valence-corrected chi connectivity index (χ4v) is 5.17. The lowest BCUT2D eigenvalue weighted by Crippen LogP contribution is -2.39. The van der Waals surface area contributed by atoms with E-state index in [0.29, 0.717) is 18.0 Å². The van der Waals surface area contributed by atoms with Crippen LogP contribution >= 0.6 is 11.3 Å². The van der Waals surface area contributed by atoms with Crippen LogP contribution < -0.4 is 0 Å². The number of benzene rings is 1. The largest absolute Gasteiger partial charge is 0.344 e. The van der Waals surface area contributed by atoms with Crippen LogP contribution in [0.25, 0.3) is 10.2 Å². The monoisotopic (exact) mass is 411 g/mol. The van der Waals surface area contributed by atoms with Gasteiger partial charge in [0, 0.05) is 44.7 Å². The molecule has 3 heterocycles. The predicted molar refractivity (Wildman–Crippen MR) is 112 cm³/mol. The maximum absolute atomic E-state index is 14.1. The minimum Gasteiger partial charge on any atom is -0.344 e. The van der Waals surface area contributed by atoms with Crippen molar-refractivity contribution in [3.63, 3.8) is 0 Å². The number of hydrogen-bond donors (Lipinski definition) is 0. The first-order valence-electron chi connectivity index (χ1n) is 9.60. The highest BCUT2D eigenvalue weighted by Crippen LogP contribution is 2.39. The second-order valence-corrected chi connectivity index (χ2v) is 8.47. The van der Waals surface area contributed by atoms with Crippen molar-refractivity contribution in [2.24, 2.45) is 0 Å². The van der Waals surface area contributed by atoms with Crippen LogP contribution in [0.15, 0.2) is 42.6 Å². The number of nitrogens with zero attached hydrogens (tertiary/aromatic N) is 3. The fraction of sp³-hybridized carbons (Fsp3) is 0.318. The molecular weight excluding hydrogens is 389 g/mol. The quantitative estimate of drug-likeness (QED) is 0.650. The lowest BCUT2D eigenvalue weighted by Gasteiger charge is -2.33. The van der Waals surface area contributed by atoms with Crippen LogP contribution in [0.2, 0.25) is 0 Å². The Bertz CT molecular complexity index is 1080. The summed E-state index contributed by atoms with van der Waals surface area (Å²) in [5, 5.41) is 0.966. The van der Waals surface area contributed by atoms with Gasteiger partial charge in [0.1, 0.15) is 10.6 Å². The Morgan fingerprint density at radius 2 is 2.00 bits per heavy atom. The van der Waals surface area contributed by atoms with Gasteiger partial charge in [-0.15, -0.1) is 11.3 Å². The molecule has 3 aromatic rings. The van der Waals surface area contributed by atoms with Crippen molar-refractivity contribution in [2.45, 2.75) is 18.8 Å². The van der Waals surface area contributed by atoms with Crippen molar-refractivity contribution in [3.8, 4) is 0 Å². The molecule has 4 rings (SSSR count). The van der Waals surface area contributed by atoms with Crippen molar-refractivity contribution >= 4 is 33.4 Å². The van der Waals surface area contributed by atoms with E-state index in [1.54, 1.807) is 42.2 Å². The van der Waals surface area contributed by atoms with Gasteiger partial charge in [-0.25, -0.2) is 9.37 Å². The van der Waals surface area contributed by atoms with Gasteiger partial charge in [-0.3, -0.25) is 9.59 Å². The number of thiophene rings is 1. The van der Waals surface area contributed by atoms with Crippen LogP contribution in [0, 0.1) is 5.82 Å². The van der Waals surface area contributed by atoms with Crippen LogP contribution in [-0.4, -0.2) is 53.8 Å². The summed E-state index contributed by atoms with van der Waals surface area (Å²) >= 11 is 1.40. The molecule has 1 atom stereocenters. The van der Waals surface area contributed by atoms with Gasteiger partial charge in [0.05, 0.1) is 10.4 Å². The zero-order valence-electron chi connectivity index (χ0n) is 16.4. The SMILES string of the molecule is CN(C)C(=O)c1sc2ncccc2c1[C@H]1CCCN(C(=O)c2ccccc2F)C1. The number of piperidine rings is 1. The van der Waals surface area contributed by atoms with Gasteiger partial charge < -0.3 is 9.80 Å². The average Bonchev–Trinajstić information content (AvgIpc) is 3.12. The smallest absolute Gasteiger partial charge is 0.263 e. The Kier molecular flexibility index (Phi) is 5.32. The normalized spacial score (nSPS) is 16.8. The van der Waals surface area contributed by atoms with Gasteiger partial charge in [0.15, 0.2) is 0 Å². The Labute approximate surface area is 172 Å². The van der Waals surface area contributed by atoms with Crippen molar-refractivity contribution in [1.29, 1.82) is 0 Å². The van der Waals surface area contributed by atoms with E-state index in [9.17, 15) is 14.0 Å². The Morgan fingerprint density at radius 3 is 2.76 bits per heavy atom. The summed E-state index contributed by atoms with van der Waals surface area (Å²) in [6, 6.07) is 9.93. The van der Waals surface area contributed by atoms with Gasteiger partial charge in [0.25, 0.3) is 11.8 Å². The number of likely N-dealkylation sites (tertiary alicyclic amines) is 1. The Morgan fingerprint density at radius 1 is 1.21 bits per heavy atom. The zero-order valence-corrected chi connectivity index (χ0v) is 17.2. The summed E-state index contributed by atoms with van der Waals surface area (Å²) < 4.78 is 14.1. The van der Waals surface area contributed by atoms with Crippen molar-refractivity contribution < 1.29 is 14.0 Å². The van der Waals surface area contributed by atoms with E-state index in [2.05, 4.69) is 4.98 Å². The number of carbonyl (C=O) groups excluding carboxylic acids is 2. The van der Waals surface area contributed by atoms with E-state index in [1.807, 2.05) is 12.1 Å². The molecular formula is C22H22FN3O2S. The summed E-state index contributed by atoms with van der Waals surface area (Å²) in [6.45, 7) is 1.04. The van der Waals surface area contributed by atoms with Crippen LogP contribution in [0.5, 0.6) is 0 Å². The van der Waals surface area contributed by atoms with E-state index in [4.69, 9.17) is 0 Å². The molecule has 2 aromatic heterocycles. The maximum atomic E-state index is 14.1. The van der Waals surface area contributed by atoms with E-state index >= 15 is 0 Å². The fourth-order valence-electron chi connectivity index (χ4n) is 3.92. The molecule has 29 heavy (non-hydrogen) atoms. The summed E-state index contributed by atoms with van der Waals surface area (Å²) in [7, 11) is 3.47. The summed E-state index contributed by atoms with van der Waals surface area (Å²) in [5.74, 6) is -0.851. The first-order valence-corrected chi connectivity index (χ1v) is 10.4. The number of hydrogen-bond acceptors (Lipinski definition) is 4. The van der Waals surface area contributed by atoms with E-state index in [1.165, 1.54) is 23.5 Å². The molecule has 1 fully saturated rings. The minimum atomic E-state index is -0.506. The molecule has 5 nitrogen and oxygen atoms in total. The van der Waals surface area contributed by atoms with E-state index in [0.717, 1.165) is 28.6 Å². The third-order valence-corrected chi connectivity index (χ3v) is 6.44. The van der Waals surface area contributed by atoms with Crippen LogP contribution in [-0.2, 0) is 0 Å². The third kappa shape index (κ3) is 3.62. The van der Waals surface area contributed by atoms with Gasteiger partial charge in [0.2, 0.25) is 0 Å². The van der Waals surface area contributed by atoms with Crippen molar-refractivity contribution in [1.82, 2.24) is 14.8 Å². The number of pyridine rings is 1. The van der Waals surface area contributed by atoms with Crippen LogP contribution in [0.3, 0.4) is 0 Å². The van der Waals surface area contributed by atoms with Crippen molar-refractivity contribution in [3.05, 3.63) is 64.4 Å². The number of fused-ring (bicyclic) bond motifs is 1. The zero-order chi connectivity index (χ0) is 20.5. The average molecular weight is 412 g/mol. The second kappa shape index (κ2) is 7.91. The molecule has 150 valence electrons. The molecule has 7 heteroatoms.